The van der Waals surface area contributed by atoms with Crippen LogP contribution >= 0.6 is 0 Å². The molecule has 0 atom stereocenters. The Labute approximate surface area is 86.6 Å². The van der Waals surface area contributed by atoms with Crippen molar-refractivity contribution in [2.45, 2.75) is 6.67 Å². The van der Waals surface area contributed by atoms with Gasteiger partial charge in [0.2, 0.25) is 0 Å². The van der Waals surface area contributed by atoms with E-state index in [9.17, 15) is 0 Å². The van der Waals surface area contributed by atoms with Crippen LogP contribution in [0, 0.1) is 5.41 Å². The summed E-state index contributed by atoms with van der Waals surface area (Å²) in [6.45, 7) is 0.614. The summed E-state index contributed by atoms with van der Waals surface area (Å²) in [4.78, 5) is 8.26. The highest BCUT2D eigenvalue weighted by Gasteiger charge is 2.09. The molecule has 0 saturated heterocycles. The molecule has 4 N–H and O–H groups in total. The van der Waals surface area contributed by atoms with E-state index in [0.717, 1.165) is 5.52 Å². The molecular formula is C9H12N6. The summed E-state index contributed by atoms with van der Waals surface area (Å²) in [6, 6.07) is 1.72. The van der Waals surface area contributed by atoms with Crippen LogP contribution in [0.15, 0.2) is 18.6 Å². The molecule has 15 heavy (non-hydrogen) atoms. The Kier molecular flexibility index (Phi) is 2.34. The third-order valence-electron chi connectivity index (χ3n) is 2.13. The Morgan fingerprint density at radius 1 is 1.60 bits per heavy atom. The Morgan fingerprint density at radius 2 is 2.40 bits per heavy atom. The van der Waals surface area contributed by atoms with Gasteiger partial charge in [-0.1, -0.05) is 0 Å². The Morgan fingerprint density at radius 3 is 3.07 bits per heavy atom. The van der Waals surface area contributed by atoms with E-state index in [2.05, 4.69) is 15.3 Å². The largest absolute Gasteiger partial charge is 0.384 e. The highest BCUT2D eigenvalue weighted by Crippen LogP contribution is 2.14. The second-order valence-corrected chi connectivity index (χ2v) is 3.17. The minimum Gasteiger partial charge on any atom is -0.384 e. The van der Waals surface area contributed by atoms with Gasteiger partial charge in [0.05, 0.1) is 18.5 Å². The standard InChI is InChI=1S/C9H12N6/c1-12-4-15-5-14-9-7(15)6(8(10)11)2-3-13-9/h2-3,5,12H,4H2,1H3,(H3,10,11). The summed E-state index contributed by atoms with van der Waals surface area (Å²) in [5.74, 6) is 0.0280. The van der Waals surface area contributed by atoms with E-state index < -0.39 is 0 Å². The minimum atomic E-state index is 0.0280. The average Bonchev–Trinajstić information content (AvgIpc) is 2.62. The lowest BCUT2D eigenvalue weighted by atomic mass is 10.2. The lowest BCUT2D eigenvalue weighted by Crippen LogP contribution is -2.16. The number of amidine groups is 1. The van der Waals surface area contributed by atoms with Crippen LogP contribution in [-0.4, -0.2) is 27.4 Å². The number of pyridine rings is 1. The minimum absolute atomic E-state index is 0.0280. The first-order chi connectivity index (χ1) is 7.24. The van der Waals surface area contributed by atoms with E-state index in [0.29, 0.717) is 17.9 Å². The van der Waals surface area contributed by atoms with Crippen LogP contribution < -0.4 is 11.1 Å². The van der Waals surface area contributed by atoms with Gasteiger partial charge in [0.15, 0.2) is 5.65 Å². The van der Waals surface area contributed by atoms with Crippen LogP contribution in [-0.2, 0) is 6.67 Å². The van der Waals surface area contributed by atoms with Gasteiger partial charge in [0.1, 0.15) is 5.84 Å². The fourth-order valence-corrected chi connectivity index (χ4v) is 1.51. The van der Waals surface area contributed by atoms with Gasteiger partial charge in [-0.05, 0) is 13.1 Å². The number of nitrogens with one attached hydrogen (secondary N) is 2. The molecule has 0 aliphatic rings. The van der Waals surface area contributed by atoms with E-state index in [1.54, 1.807) is 18.6 Å². The summed E-state index contributed by atoms with van der Waals surface area (Å²) in [7, 11) is 1.84. The van der Waals surface area contributed by atoms with Crippen molar-refractivity contribution in [1.82, 2.24) is 19.9 Å². The molecule has 0 fully saturated rings. The van der Waals surface area contributed by atoms with Crippen molar-refractivity contribution in [2.75, 3.05) is 7.05 Å². The summed E-state index contributed by atoms with van der Waals surface area (Å²) < 4.78 is 1.87. The molecule has 0 radical (unpaired) electrons. The maximum absolute atomic E-state index is 7.47. The molecule has 2 aromatic rings. The smallest absolute Gasteiger partial charge is 0.178 e. The molecule has 0 bridgehead atoms. The maximum atomic E-state index is 7.47. The molecule has 2 heterocycles. The SMILES string of the molecule is CNCn1cnc2nccc(C(=N)N)c21. The van der Waals surface area contributed by atoms with Crippen molar-refractivity contribution >= 4 is 17.0 Å². The number of hydrogen-bond donors (Lipinski definition) is 3. The van der Waals surface area contributed by atoms with Gasteiger partial charge in [0.25, 0.3) is 0 Å². The van der Waals surface area contributed by atoms with Gasteiger partial charge < -0.3 is 15.6 Å². The second-order valence-electron chi connectivity index (χ2n) is 3.17. The van der Waals surface area contributed by atoms with Crippen LogP contribution in [0.5, 0.6) is 0 Å². The third-order valence-corrected chi connectivity index (χ3v) is 2.13. The highest BCUT2D eigenvalue weighted by molar-refractivity contribution is 6.04. The van der Waals surface area contributed by atoms with Crippen molar-refractivity contribution in [3.05, 3.63) is 24.2 Å². The normalized spacial score (nSPS) is 10.7. The van der Waals surface area contributed by atoms with Crippen molar-refractivity contribution in [2.24, 2.45) is 5.73 Å². The van der Waals surface area contributed by atoms with Crippen LogP contribution in [0.2, 0.25) is 0 Å². The fourth-order valence-electron chi connectivity index (χ4n) is 1.51. The molecule has 78 valence electrons. The van der Waals surface area contributed by atoms with E-state index in [-0.39, 0.29) is 5.84 Å². The van der Waals surface area contributed by atoms with Crippen LogP contribution in [0.1, 0.15) is 5.56 Å². The average molecular weight is 204 g/mol. The lowest BCUT2D eigenvalue weighted by Gasteiger charge is -2.05. The molecule has 0 spiro atoms. The second kappa shape index (κ2) is 3.66. The van der Waals surface area contributed by atoms with Crippen LogP contribution in [0.25, 0.3) is 11.2 Å². The van der Waals surface area contributed by atoms with Gasteiger partial charge in [-0.25, -0.2) is 9.97 Å². The number of rotatable bonds is 3. The van der Waals surface area contributed by atoms with Gasteiger partial charge >= 0.3 is 0 Å². The van der Waals surface area contributed by atoms with Crippen molar-refractivity contribution in [3.8, 4) is 0 Å². The van der Waals surface area contributed by atoms with E-state index in [1.165, 1.54) is 0 Å². The zero-order valence-electron chi connectivity index (χ0n) is 8.36. The van der Waals surface area contributed by atoms with Gasteiger partial charge in [-0.2, -0.15) is 0 Å². The van der Waals surface area contributed by atoms with Crippen LogP contribution in [0.4, 0.5) is 0 Å². The first-order valence-corrected chi connectivity index (χ1v) is 4.53. The quantitative estimate of drug-likeness (QED) is 0.480. The van der Waals surface area contributed by atoms with Crippen molar-refractivity contribution in [3.63, 3.8) is 0 Å². The number of hydrogen-bond acceptors (Lipinski definition) is 4. The van der Waals surface area contributed by atoms with Crippen molar-refractivity contribution < 1.29 is 0 Å². The molecule has 2 aromatic heterocycles. The molecule has 0 aliphatic heterocycles. The first kappa shape index (κ1) is 9.60. The summed E-state index contributed by atoms with van der Waals surface area (Å²) in [5, 5.41) is 10.5. The fraction of sp³-hybridized carbons (Fsp3) is 0.222. The van der Waals surface area contributed by atoms with Crippen molar-refractivity contribution in [1.29, 1.82) is 5.41 Å². The summed E-state index contributed by atoms with van der Waals surface area (Å²) in [5.41, 5.74) is 7.56. The van der Waals surface area contributed by atoms with Gasteiger partial charge in [-0.3, -0.25) is 5.41 Å². The van der Waals surface area contributed by atoms with Gasteiger partial charge in [0, 0.05) is 11.8 Å². The molecule has 0 aliphatic carbocycles. The predicted octanol–water partition coefficient (Wildman–Crippen LogP) is -0.108. The molecule has 0 unspecified atom stereocenters. The third kappa shape index (κ3) is 1.55. The lowest BCUT2D eigenvalue weighted by molar-refractivity contribution is 0.632. The first-order valence-electron chi connectivity index (χ1n) is 4.53. The molecule has 6 nitrogen and oxygen atoms in total. The zero-order valence-corrected chi connectivity index (χ0v) is 8.36. The molecule has 6 heteroatoms. The highest BCUT2D eigenvalue weighted by atomic mass is 15.2. The van der Waals surface area contributed by atoms with E-state index in [1.807, 2.05) is 11.6 Å². The number of nitrogens with zero attached hydrogens (tertiary/aromatic N) is 3. The molecule has 0 aromatic carbocycles. The van der Waals surface area contributed by atoms with E-state index in [4.69, 9.17) is 11.1 Å². The number of nitrogen functional groups attached to an aromatic ring is 1. The van der Waals surface area contributed by atoms with Gasteiger partial charge in [-0.15, -0.1) is 0 Å². The molecule has 0 saturated carbocycles. The number of aromatic nitrogens is 3. The number of fused-ring (bicyclic) bond motifs is 1. The number of nitrogens with two attached hydrogens (primary N) is 1. The molecular weight excluding hydrogens is 192 g/mol. The Bertz CT molecular complexity index is 500. The van der Waals surface area contributed by atoms with Crippen LogP contribution in [0.3, 0.4) is 0 Å². The maximum Gasteiger partial charge on any atom is 0.178 e. The monoisotopic (exact) mass is 204 g/mol. The molecule has 0 amide bonds. The summed E-state index contributed by atoms with van der Waals surface area (Å²) in [6.07, 6.45) is 3.29. The molecule has 2 rings (SSSR count). The Balaban J connectivity index is 2.69. The number of imidazole rings is 1. The Hall–Kier alpha value is -1.95. The summed E-state index contributed by atoms with van der Waals surface area (Å²) >= 11 is 0. The predicted molar refractivity (Wildman–Crippen MR) is 57.6 cm³/mol. The van der Waals surface area contributed by atoms with E-state index >= 15 is 0 Å². The zero-order chi connectivity index (χ0) is 10.8. The topological polar surface area (TPSA) is 92.6 Å².